The summed E-state index contributed by atoms with van der Waals surface area (Å²) in [7, 11) is 1.27. The molecule has 3 rings (SSSR count). The fourth-order valence-electron chi connectivity index (χ4n) is 3.59. The molecule has 6 heteroatoms. The molecule has 2 atom stereocenters. The molecule has 2 aliphatic heterocycles. The lowest BCUT2D eigenvalue weighted by Crippen LogP contribution is -2.39. The summed E-state index contributed by atoms with van der Waals surface area (Å²) in [6.07, 6.45) is 4.64. The third-order valence-electron chi connectivity index (χ3n) is 4.56. The molecular weight excluding hydrogens is 290 g/mol. The molecule has 2 N–H and O–H groups in total. The number of rotatable bonds is 4. The zero-order chi connectivity index (χ0) is 15.7. The summed E-state index contributed by atoms with van der Waals surface area (Å²) in [5.74, 6) is -1.53. The van der Waals surface area contributed by atoms with Crippen molar-refractivity contribution in [2.45, 2.75) is 44.2 Å². The van der Waals surface area contributed by atoms with E-state index in [9.17, 15) is 13.6 Å². The first-order chi connectivity index (χ1) is 10.5. The number of carbonyl (C=O) groups is 1. The van der Waals surface area contributed by atoms with E-state index in [2.05, 4.69) is 10.6 Å². The standard InChI is InChI=1S/C16H20F2N2O2/c1-22-15-8-12(17)14(7-13(15)18)20-16(21)6-9-4-10-2-3-11(5-9)19-10/h7-11,19H,2-6H2,1H3,(H,20,21). The summed E-state index contributed by atoms with van der Waals surface area (Å²) in [6, 6.07) is 2.91. The average molecular weight is 310 g/mol. The highest BCUT2D eigenvalue weighted by Gasteiger charge is 2.34. The van der Waals surface area contributed by atoms with Crippen molar-refractivity contribution in [3.05, 3.63) is 23.8 Å². The van der Waals surface area contributed by atoms with Gasteiger partial charge in [-0.15, -0.1) is 0 Å². The van der Waals surface area contributed by atoms with Gasteiger partial charge in [0.05, 0.1) is 12.8 Å². The van der Waals surface area contributed by atoms with Gasteiger partial charge in [0.15, 0.2) is 17.4 Å². The molecule has 2 bridgehead atoms. The van der Waals surface area contributed by atoms with Crippen molar-refractivity contribution in [2.24, 2.45) is 5.92 Å². The Morgan fingerprint density at radius 1 is 1.27 bits per heavy atom. The summed E-state index contributed by atoms with van der Waals surface area (Å²) < 4.78 is 32.1. The van der Waals surface area contributed by atoms with Gasteiger partial charge < -0.3 is 15.4 Å². The Morgan fingerprint density at radius 2 is 1.95 bits per heavy atom. The van der Waals surface area contributed by atoms with Crippen LogP contribution in [-0.4, -0.2) is 25.1 Å². The number of benzene rings is 1. The Labute approximate surface area is 128 Å². The topological polar surface area (TPSA) is 50.4 Å². The van der Waals surface area contributed by atoms with Gasteiger partial charge in [-0.05, 0) is 31.6 Å². The maximum absolute atomic E-state index is 13.8. The summed E-state index contributed by atoms with van der Waals surface area (Å²) in [5, 5.41) is 5.99. The minimum atomic E-state index is -0.697. The molecular formula is C16H20F2N2O2. The van der Waals surface area contributed by atoms with Crippen LogP contribution >= 0.6 is 0 Å². The van der Waals surface area contributed by atoms with Crippen LogP contribution in [0, 0.1) is 17.6 Å². The van der Waals surface area contributed by atoms with Gasteiger partial charge in [-0.2, -0.15) is 0 Å². The van der Waals surface area contributed by atoms with Crippen molar-refractivity contribution in [1.29, 1.82) is 0 Å². The minimum absolute atomic E-state index is 0.139. The number of hydrogen-bond acceptors (Lipinski definition) is 3. The van der Waals surface area contributed by atoms with E-state index in [1.165, 1.54) is 20.0 Å². The monoisotopic (exact) mass is 310 g/mol. The first-order valence-corrected chi connectivity index (χ1v) is 7.64. The molecule has 0 saturated carbocycles. The van der Waals surface area contributed by atoms with Gasteiger partial charge in [0, 0.05) is 30.6 Å². The number of piperidine rings is 1. The van der Waals surface area contributed by atoms with Crippen LogP contribution in [0.3, 0.4) is 0 Å². The molecule has 1 amide bonds. The van der Waals surface area contributed by atoms with Crippen LogP contribution in [0.1, 0.15) is 32.1 Å². The van der Waals surface area contributed by atoms with E-state index >= 15 is 0 Å². The Kier molecular flexibility index (Phi) is 4.29. The Morgan fingerprint density at radius 3 is 2.59 bits per heavy atom. The van der Waals surface area contributed by atoms with Crippen molar-refractivity contribution in [3.63, 3.8) is 0 Å². The third kappa shape index (κ3) is 3.21. The number of carbonyl (C=O) groups excluding carboxylic acids is 1. The molecule has 2 aliphatic rings. The lowest BCUT2D eigenvalue weighted by molar-refractivity contribution is -0.117. The Bertz CT molecular complexity index is 568. The molecule has 2 unspecified atom stereocenters. The summed E-state index contributed by atoms with van der Waals surface area (Å²) in [5.41, 5.74) is -0.139. The van der Waals surface area contributed by atoms with Crippen LogP contribution in [0.4, 0.5) is 14.5 Å². The number of nitrogens with one attached hydrogen (secondary N) is 2. The molecule has 2 fully saturated rings. The van der Waals surface area contributed by atoms with Gasteiger partial charge in [-0.1, -0.05) is 0 Å². The Balaban J connectivity index is 1.61. The highest BCUT2D eigenvalue weighted by Crippen LogP contribution is 2.33. The lowest BCUT2D eigenvalue weighted by atomic mass is 9.89. The molecule has 2 heterocycles. The highest BCUT2D eigenvalue weighted by atomic mass is 19.1. The van der Waals surface area contributed by atoms with Crippen LogP contribution in [-0.2, 0) is 4.79 Å². The van der Waals surface area contributed by atoms with Gasteiger partial charge in [0.2, 0.25) is 5.91 Å². The number of anilines is 1. The van der Waals surface area contributed by atoms with Gasteiger partial charge in [-0.25, -0.2) is 8.78 Å². The van der Waals surface area contributed by atoms with Gasteiger partial charge >= 0.3 is 0 Å². The summed E-state index contributed by atoms with van der Waals surface area (Å²) in [4.78, 5) is 12.1. The normalized spacial score (nSPS) is 26.8. The molecule has 0 aliphatic carbocycles. The molecule has 1 aromatic rings. The SMILES string of the molecule is COc1cc(F)c(NC(=O)CC2CC3CCC(C2)N3)cc1F. The van der Waals surface area contributed by atoms with E-state index in [1.54, 1.807) is 0 Å². The zero-order valence-corrected chi connectivity index (χ0v) is 12.5. The van der Waals surface area contributed by atoms with Gasteiger partial charge in [0.1, 0.15) is 0 Å². The first-order valence-electron chi connectivity index (χ1n) is 7.64. The second-order valence-electron chi connectivity index (χ2n) is 6.19. The second kappa shape index (κ2) is 6.20. The Hall–Kier alpha value is -1.69. The van der Waals surface area contributed by atoms with Gasteiger partial charge in [-0.3, -0.25) is 4.79 Å². The lowest BCUT2D eigenvalue weighted by Gasteiger charge is -2.28. The molecule has 22 heavy (non-hydrogen) atoms. The predicted molar refractivity (Wildman–Crippen MR) is 78.8 cm³/mol. The molecule has 2 saturated heterocycles. The third-order valence-corrected chi connectivity index (χ3v) is 4.56. The maximum Gasteiger partial charge on any atom is 0.224 e. The molecule has 0 radical (unpaired) electrons. The van der Waals surface area contributed by atoms with E-state index in [4.69, 9.17) is 4.74 Å². The van der Waals surface area contributed by atoms with E-state index in [1.807, 2.05) is 0 Å². The zero-order valence-electron chi connectivity index (χ0n) is 12.5. The van der Waals surface area contributed by atoms with Gasteiger partial charge in [0.25, 0.3) is 0 Å². The summed E-state index contributed by atoms with van der Waals surface area (Å²) in [6.45, 7) is 0. The average Bonchev–Trinajstić information content (AvgIpc) is 2.81. The van der Waals surface area contributed by atoms with Crippen molar-refractivity contribution in [1.82, 2.24) is 5.32 Å². The van der Waals surface area contributed by atoms with Crippen LogP contribution < -0.4 is 15.4 Å². The molecule has 1 aromatic carbocycles. The van der Waals surface area contributed by atoms with Crippen molar-refractivity contribution < 1.29 is 18.3 Å². The van der Waals surface area contributed by atoms with Crippen LogP contribution in [0.2, 0.25) is 0 Å². The predicted octanol–water partition coefficient (Wildman–Crippen LogP) is 2.83. The van der Waals surface area contributed by atoms with Crippen LogP contribution in [0.5, 0.6) is 5.75 Å². The number of amides is 1. The van der Waals surface area contributed by atoms with E-state index in [0.29, 0.717) is 24.4 Å². The quantitative estimate of drug-likeness (QED) is 0.899. The number of halogens is 2. The van der Waals surface area contributed by atoms with Crippen LogP contribution in [0.25, 0.3) is 0 Å². The minimum Gasteiger partial charge on any atom is -0.494 e. The molecule has 4 nitrogen and oxygen atoms in total. The summed E-state index contributed by atoms with van der Waals surface area (Å²) >= 11 is 0. The smallest absolute Gasteiger partial charge is 0.224 e. The second-order valence-corrected chi connectivity index (χ2v) is 6.19. The molecule has 0 spiro atoms. The number of methoxy groups -OCH3 is 1. The van der Waals surface area contributed by atoms with Crippen LogP contribution in [0.15, 0.2) is 12.1 Å². The largest absolute Gasteiger partial charge is 0.494 e. The fourth-order valence-corrected chi connectivity index (χ4v) is 3.59. The number of ether oxygens (including phenoxy) is 1. The molecule has 120 valence electrons. The molecule has 0 aromatic heterocycles. The van der Waals surface area contributed by atoms with Crippen molar-refractivity contribution in [2.75, 3.05) is 12.4 Å². The first kappa shape index (κ1) is 15.2. The fraction of sp³-hybridized carbons (Fsp3) is 0.562. The van der Waals surface area contributed by atoms with Crippen molar-refractivity contribution >= 4 is 11.6 Å². The van der Waals surface area contributed by atoms with E-state index < -0.39 is 11.6 Å². The maximum atomic E-state index is 13.8. The number of fused-ring (bicyclic) bond motifs is 2. The number of hydrogen-bond donors (Lipinski definition) is 2. The van der Waals surface area contributed by atoms with E-state index in [0.717, 1.165) is 25.0 Å². The highest BCUT2D eigenvalue weighted by molar-refractivity contribution is 5.91. The van der Waals surface area contributed by atoms with Crippen molar-refractivity contribution in [3.8, 4) is 5.75 Å². The van der Waals surface area contributed by atoms with E-state index in [-0.39, 0.29) is 17.3 Å².